The minimum absolute atomic E-state index is 0.670. The zero-order valence-electron chi connectivity index (χ0n) is 7.46. The molecule has 1 rings (SSSR count). The second kappa shape index (κ2) is 4.59. The quantitative estimate of drug-likeness (QED) is 0.678. The molecule has 1 heterocycles. The van der Waals surface area contributed by atoms with Crippen molar-refractivity contribution in [2.45, 2.75) is 13.8 Å². The van der Waals surface area contributed by atoms with E-state index >= 15 is 0 Å². The summed E-state index contributed by atoms with van der Waals surface area (Å²) in [5, 5.41) is 0. The predicted molar refractivity (Wildman–Crippen MR) is 45.3 cm³/mol. The van der Waals surface area contributed by atoms with Crippen molar-refractivity contribution in [1.82, 2.24) is 0 Å². The van der Waals surface area contributed by atoms with Crippen molar-refractivity contribution in [3.8, 4) is 11.5 Å². The number of aromatic nitrogens is 1. The molecule has 3 heteroatoms. The molecule has 1 N–H and O–H groups in total. The molecule has 0 saturated carbocycles. The van der Waals surface area contributed by atoms with Crippen LogP contribution in [0.3, 0.4) is 0 Å². The lowest BCUT2D eigenvalue weighted by Gasteiger charge is -2.02. The monoisotopic (exact) mass is 168 g/mol. The van der Waals surface area contributed by atoms with E-state index < -0.39 is 0 Å². The molecule has 0 spiro atoms. The van der Waals surface area contributed by atoms with Crippen LogP contribution < -0.4 is 14.5 Å². The van der Waals surface area contributed by atoms with Crippen molar-refractivity contribution >= 4 is 0 Å². The van der Waals surface area contributed by atoms with Gasteiger partial charge in [-0.1, -0.05) is 0 Å². The van der Waals surface area contributed by atoms with Gasteiger partial charge in [-0.3, -0.25) is 0 Å². The molecule has 0 aromatic carbocycles. The van der Waals surface area contributed by atoms with Crippen LogP contribution in [0.15, 0.2) is 18.5 Å². The number of ether oxygens (including phenoxy) is 2. The zero-order valence-corrected chi connectivity index (χ0v) is 7.46. The van der Waals surface area contributed by atoms with Crippen LogP contribution in [0.4, 0.5) is 0 Å². The summed E-state index contributed by atoms with van der Waals surface area (Å²) in [6, 6.07) is 1.86. The molecule has 12 heavy (non-hydrogen) atoms. The van der Waals surface area contributed by atoms with Gasteiger partial charge >= 0.3 is 0 Å². The van der Waals surface area contributed by atoms with Gasteiger partial charge < -0.3 is 9.47 Å². The first kappa shape index (κ1) is 8.84. The number of hydrogen-bond donors (Lipinski definition) is 0. The van der Waals surface area contributed by atoms with E-state index in [2.05, 4.69) is 4.98 Å². The standard InChI is InChI=1S/C9H13NO2/c1-3-11-8-5-9(12-4-2)7-10-6-8/h5-7H,3-4H2,1-2H3/p+1. The molecule has 0 bridgehead atoms. The molecule has 1 aromatic heterocycles. The molecule has 0 aliphatic rings. The summed E-state index contributed by atoms with van der Waals surface area (Å²) >= 11 is 0. The Kier molecular flexibility index (Phi) is 3.38. The molecular formula is C9H14NO2+. The highest BCUT2D eigenvalue weighted by Gasteiger charge is 2.00. The molecular weight excluding hydrogens is 154 g/mol. The van der Waals surface area contributed by atoms with Gasteiger partial charge in [0.1, 0.15) is 0 Å². The molecule has 0 aliphatic carbocycles. The van der Waals surface area contributed by atoms with Crippen LogP contribution in [0, 0.1) is 0 Å². The SMILES string of the molecule is CCOc1c[nH+]cc(OCC)c1. The van der Waals surface area contributed by atoms with Gasteiger partial charge in [0.05, 0.1) is 13.2 Å². The zero-order chi connectivity index (χ0) is 8.81. The fraction of sp³-hybridized carbons (Fsp3) is 0.444. The third kappa shape index (κ3) is 2.42. The first-order valence-electron chi connectivity index (χ1n) is 4.13. The van der Waals surface area contributed by atoms with Gasteiger partial charge in [-0.25, -0.2) is 4.98 Å². The van der Waals surface area contributed by atoms with Crippen LogP contribution in [0.2, 0.25) is 0 Å². The lowest BCUT2D eigenvalue weighted by atomic mass is 10.4. The highest BCUT2D eigenvalue weighted by Crippen LogP contribution is 2.14. The third-order valence-corrected chi connectivity index (χ3v) is 1.36. The summed E-state index contributed by atoms with van der Waals surface area (Å²) in [6.07, 6.45) is 3.60. The van der Waals surface area contributed by atoms with Crippen molar-refractivity contribution in [2.24, 2.45) is 0 Å². The number of H-pyrrole nitrogens is 1. The van der Waals surface area contributed by atoms with Gasteiger partial charge in [-0.2, -0.15) is 0 Å². The van der Waals surface area contributed by atoms with E-state index in [1.807, 2.05) is 19.9 Å². The van der Waals surface area contributed by atoms with E-state index in [0.29, 0.717) is 13.2 Å². The Morgan fingerprint density at radius 1 is 1.08 bits per heavy atom. The molecule has 3 nitrogen and oxygen atoms in total. The van der Waals surface area contributed by atoms with Crippen LogP contribution in [0.5, 0.6) is 11.5 Å². The Hall–Kier alpha value is -1.25. The van der Waals surface area contributed by atoms with Crippen molar-refractivity contribution in [3.63, 3.8) is 0 Å². The Labute approximate surface area is 72.3 Å². The van der Waals surface area contributed by atoms with Crippen LogP contribution >= 0.6 is 0 Å². The molecule has 0 unspecified atom stereocenters. The summed E-state index contributed by atoms with van der Waals surface area (Å²) in [6.45, 7) is 5.24. The summed E-state index contributed by atoms with van der Waals surface area (Å²) in [4.78, 5) is 2.95. The van der Waals surface area contributed by atoms with Crippen molar-refractivity contribution in [3.05, 3.63) is 18.5 Å². The lowest BCUT2D eigenvalue weighted by Crippen LogP contribution is -2.04. The van der Waals surface area contributed by atoms with Gasteiger partial charge in [0.25, 0.3) is 0 Å². The normalized spacial score (nSPS) is 9.50. The second-order valence-electron chi connectivity index (χ2n) is 2.27. The van der Waals surface area contributed by atoms with Crippen LogP contribution in [-0.2, 0) is 0 Å². The number of nitrogens with one attached hydrogen (secondary N) is 1. The van der Waals surface area contributed by atoms with E-state index in [-0.39, 0.29) is 0 Å². The Morgan fingerprint density at radius 3 is 2.00 bits per heavy atom. The molecule has 66 valence electrons. The molecule has 0 aliphatic heterocycles. The van der Waals surface area contributed by atoms with E-state index in [1.54, 1.807) is 12.4 Å². The third-order valence-electron chi connectivity index (χ3n) is 1.36. The number of aromatic amines is 1. The Morgan fingerprint density at radius 2 is 1.58 bits per heavy atom. The number of hydrogen-bond acceptors (Lipinski definition) is 2. The molecule has 0 fully saturated rings. The van der Waals surface area contributed by atoms with E-state index in [0.717, 1.165) is 11.5 Å². The maximum atomic E-state index is 5.28. The van der Waals surface area contributed by atoms with Crippen molar-refractivity contribution in [1.29, 1.82) is 0 Å². The summed E-state index contributed by atoms with van der Waals surface area (Å²) in [5.41, 5.74) is 0. The average molecular weight is 168 g/mol. The first-order chi connectivity index (χ1) is 5.86. The van der Waals surface area contributed by atoms with Crippen molar-refractivity contribution < 1.29 is 14.5 Å². The highest BCUT2D eigenvalue weighted by molar-refractivity contribution is 5.25. The van der Waals surface area contributed by atoms with Gasteiger partial charge in [0.2, 0.25) is 12.4 Å². The summed E-state index contributed by atoms with van der Waals surface area (Å²) in [5.74, 6) is 1.62. The van der Waals surface area contributed by atoms with Crippen LogP contribution in [0.1, 0.15) is 13.8 Å². The molecule has 1 aromatic rings. The fourth-order valence-corrected chi connectivity index (χ4v) is 0.929. The van der Waals surface area contributed by atoms with E-state index in [1.165, 1.54) is 0 Å². The van der Waals surface area contributed by atoms with Crippen LogP contribution in [-0.4, -0.2) is 13.2 Å². The maximum absolute atomic E-state index is 5.28. The fourth-order valence-electron chi connectivity index (χ4n) is 0.929. The van der Waals surface area contributed by atoms with Gasteiger partial charge in [0, 0.05) is 6.07 Å². The molecule has 0 saturated heterocycles. The largest absolute Gasteiger partial charge is 0.488 e. The lowest BCUT2D eigenvalue weighted by molar-refractivity contribution is -0.380. The summed E-state index contributed by atoms with van der Waals surface area (Å²) in [7, 11) is 0. The highest BCUT2D eigenvalue weighted by atomic mass is 16.5. The number of rotatable bonds is 4. The predicted octanol–water partition coefficient (Wildman–Crippen LogP) is 1.30. The smallest absolute Gasteiger partial charge is 0.209 e. The average Bonchev–Trinajstić information content (AvgIpc) is 2.06. The van der Waals surface area contributed by atoms with Crippen LogP contribution in [0.25, 0.3) is 0 Å². The van der Waals surface area contributed by atoms with E-state index in [4.69, 9.17) is 9.47 Å². The summed E-state index contributed by atoms with van der Waals surface area (Å²) < 4.78 is 10.6. The molecule has 0 atom stereocenters. The molecule has 0 radical (unpaired) electrons. The van der Waals surface area contributed by atoms with Crippen molar-refractivity contribution in [2.75, 3.05) is 13.2 Å². The van der Waals surface area contributed by atoms with Gasteiger partial charge in [-0.15, -0.1) is 0 Å². The Bertz CT molecular complexity index is 216. The minimum atomic E-state index is 0.670. The first-order valence-corrected chi connectivity index (χ1v) is 4.13. The van der Waals surface area contributed by atoms with E-state index in [9.17, 15) is 0 Å². The number of pyridine rings is 1. The molecule has 0 amide bonds. The maximum Gasteiger partial charge on any atom is 0.209 e. The van der Waals surface area contributed by atoms with Gasteiger partial charge in [-0.05, 0) is 13.8 Å². The van der Waals surface area contributed by atoms with Gasteiger partial charge in [0.15, 0.2) is 11.5 Å². The minimum Gasteiger partial charge on any atom is -0.488 e. The second-order valence-corrected chi connectivity index (χ2v) is 2.27. The Balaban J connectivity index is 2.67. The topological polar surface area (TPSA) is 32.6 Å².